The standard InChI is InChI=1S/C18H26N2O3/c1-12(2)15(21)9-10-19-18(22)17-14(11-20(3)4)13-7-5-6-8-16(13)23-17/h5-8,12,15,21H,9-11H2,1-4H3,(H,19,22). The summed E-state index contributed by atoms with van der Waals surface area (Å²) in [5.41, 5.74) is 1.62. The molecule has 0 aliphatic rings. The van der Waals surface area contributed by atoms with E-state index in [2.05, 4.69) is 5.32 Å². The smallest absolute Gasteiger partial charge is 0.287 e. The molecule has 0 aliphatic heterocycles. The Morgan fingerprint density at radius 3 is 2.65 bits per heavy atom. The lowest BCUT2D eigenvalue weighted by Gasteiger charge is -2.14. The van der Waals surface area contributed by atoms with Crippen LogP contribution in [-0.2, 0) is 6.54 Å². The summed E-state index contributed by atoms with van der Waals surface area (Å²) in [5.74, 6) is 0.315. The van der Waals surface area contributed by atoms with E-state index in [0.29, 0.717) is 25.3 Å². The molecule has 0 aliphatic carbocycles. The maximum Gasteiger partial charge on any atom is 0.287 e. The van der Waals surface area contributed by atoms with Gasteiger partial charge in [-0.05, 0) is 32.5 Å². The molecule has 1 aromatic carbocycles. The Balaban J connectivity index is 2.16. The van der Waals surface area contributed by atoms with Gasteiger partial charge in [0.2, 0.25) is 0 Å². The van der Waals surface area contributed by atoms with Crippen molar-refractivity contribution >= 4 is 16.9 Å². The van der Waals surface area contributed by atoms with Crippen molar-refractivity contribution in [3.05, 3.63) is 35.6 Å². The number of nitrogens with one attached hydrogen (secondary N) is 1. The minimum Gasteiger partial charge on any atom is -0.451 e. The summed E-state index contributed by atoms with van der Waals surface area (Å²) in [7, 11) is 3.92. The summed E-state index contributed by atoms with van der Waals surface area (Å²) in [6.07, 6.45) is 0.124. The van der Waals surface area contributed by atoms with Gasteiger partial charge in [0.25, 0.3) is 5.91 Å². The van der Waals surface area contributed by atoms with Gasteiger partial charge in [-0.3, -0.25) is 4.79 Å². The maximum absolute atomic E-state index is 12.5. The van der Waals surface area contributed by atoms with Gasteiger partial charge in [-0.1, -0.05) is 32.0 Å². The third kappa shape index (κ3) is 4.33. The molecule has 0 saturated heterocycles. The normalized spacial score (nSPS) is 13.0. The van der Waals surface area contributed by atoms with Gasteiger partial charge in [0, 0.05) is 24.0 Å². The number of para-hydroxylation sites is 1. The number of benzene rings is 1. The number of furan rings is 1. The largest absolute Gasteiger partial charge is 0.451 e. The van der Waals surface area contributed by atoms with Crippen molar-refractivity contribution in [2.45, 2.75) is 32.9 Å². The van der Waals surface area contributed by atoms with Gasteiger partial charge < -0.3 is 19.7 Å². The maximum atomic E-state index is 12.5. The fourth-order valence-electron chi connectivity index (χ4n) is 2.50. The van der Waals surface area contributed by atoms with E-state index in [9.17, 15) is 9.90 Å². The molecule has 1 unspecified atom stereocenters. The van der Waals surface area contributed by atoms with Crippen molar-refractivity contribution in [3.63, 3.8) is 0 Å². The van der Waals surface area contributed by atoms with E-state index in [4.69, 9.17) is 4.42 Å². The molecule has 1 atom stereocenters. The molecule has 0 fully saturated rings. The van der Waals surface area contributed by atoms with Crippen LogP contribution >= 0.6 is 0 Å². The molecule has 126 valence electrons. The summed E-state index contributed by atoms with van der Waals surface area (Å²) in [4.78, 5) is 14.5. The second kappa shape index (κ2) is 7.62. The number of hydrogen-bond acceptors (Lipinski definition) is 4. The quantitative estimate of drug-likeness (QED) is 0.823. The molecular weight excluding hydrogens is 292 g/mol. The van der Waals surface area contributed by atoms with Crippen LogP contribution < -0.4 is 5.32 Å². The second-order valence-corrected chi connectivity index (χ2v) is 6.50. The Hall–Kier alpha value is -1.85. The van der Waals surface area contributed by atoms with Crippen molar-refractivity contribution < 1.29 is 14.3 Å². The van der Waals surface area contributed by atoms with Gasteiger partial charge in [-0.15, -0.1) is 0 Å². The average molecular weight is 318 g/mol. The number of nitrogens with zero attached hydrogens (tertiary/aromatic N) is 1. The number of aliphatic hydroxyl groups excluding tert-OH is 1. The first-order valence-corrected chi connectivity index (χ1v) is 8.01. The summed E-state index contributed by atoms with van der Waals surface area (Å²) >= 11 is 0. The van der Waals surface area contributed by atoms with E-state index in [1.165, 1.54) is 0 Å². The van der Waals surface area contributed by atoms with E-state index in [1.807, 2.05) is 57.1 Å². The molecule has 1 aromatic heterocycles. The first kappa shape index (κ1) is 17.5. The SMILES string of the molecule is CC(C)C(O)CCNC(=O)c1oc2ccccc2c1CN(C)C. The predicted octanol–water partition coefficient (Wildman–Crippen LogP) is 2.63. The Bertz CT molecular complexity index is 661. The minimum atomic E-state index is -0.410. The van der Waals surface area contributed by atoms with Gasteiger partial charge in [0.1, 0.15) is 5.58 Å². The number of fused-ring (bicyclic) bond motifs is 1. The van der Waals surface area contributed by atoms with E-state index in [0.717, 1.165) is 16.5 Å². The zero-order chi connectivity index (χ0) is 17.0. The molecule has 0 spiro atoms. The van der Waals surface area contributed by atoms with E-state index in [1.54, 1.807) is 0 Å². The van der Waals surface area contributed by atoms with Crippen LogP contribution in [0.5, 0.6) is 0 Å². The van der Waals surface area contributed by atoms with Gasteiger partial charge in [-0.2, -0.15) is 0 Å². The number of carbonyl (C=O) groups is 1. The summed E-state index contributed by atoms with van der Waals surface area (Å²) in [6, 6.07) is 7.67. The molecule has 23 heavy (non-hydrogen) atoms. The first-order valence-electron chi connectivity index (χ1n) is 8.01. The summed E-state index contributed by atoms with van der Waals surface area (Å²) < 4.78 is 5.77. The van der Waals surface area contributed by atoms with Crippen LogP contribution in [0.1, 0.15) is 36.4 Å². The Morgan fingerprint density at radius 1 is 1.30 bits per heavy atom. The van der Waals surface area contributed by atoms with Crippen molar-refractivity contribution in [3.8, 4) is 0 Å². The van der Waals surface area contributed by atoms with Crippen LogP contribution in [-0.4, -0.2) is 42.7 Å². The van der Waals surface area contributed by atoms with Crippen LogP contribution in [0.15, 0.2) is 28.7 Å². The molecule has 0 bridgehead atoms. The molecule has 0 saturated carbocycles. The average Bonchev–Trinajstić information content (AvgIpc) is 2.85. The molecule has 1 amide bonds. The topological polar surface area (TPSA) is 65.7 Å². The summed E-state index contributed by atoms with van der Waals surface area (Å²) in [5, 5.41) is 13.6. The van der Waals surface area contributed by atoms with Gasteiger partial charge >= 0.3 is 0 Å². The van der Waals surface area contributed by atoms with E-state index in [-0.39, 0.29) is 11.8 Å². The highest BCUT2D eigenvalue weighted by molar-refractivity contribution is 5.99. The Morgan fingerprint density at radius 2 is 2.00 bits per heavy atom. The van der Waals surface area contributed by atoms with Crippen LogP contribution in [0.2, 0.25) is 0 Å². The highest BCUT2D eigenvalue weighted by Crippen LogP contribution is 2.26. The first-order chi connectivity index (χ1) is 10.9. The lowest BCUT2D eigenvalue weighted by Crippen LogP contribution is -2.29. The van der Waals surface area contributed by atoms with Gasteiger partial charge in [0.05, 0.1) is 6.10 Å². The summed E-state index contributed by atoms with van der Waals surface area (Å²) in [6.45, 7) is 4.98. The lowest BCUT2D eigenvalue weighted by molar-refractivity contribution is 0.0894. The Labute approximate surface area is 137 Å². The van der Waals surface area contributed by atoms with E-state index < -0.39 is 6.10 Å². The lowest BCUT2D eigenvalue weighted by atomic mass is 10.0. The number of carbonyl (C=O) groups excluding carboxylic acids is 1. The third-order valence-electron chi connectivity index (χ3n) is 3.87. The predicted molar refractivity (Wildman–Crippen MR) is 91.4 cm³/mol. The molecule has 5 nitrogen and oxygen atoms in total. The van der Waals surface area contributed by atoms with Crippen LogP contribution in [0.3, 0.4) is 0 Å². The molecule has 2 N–H and O–H groups in total. The minimum absolute atomic E-state index is 0.183. The van der Waals surface area contributed by atoms with Crippen LogP contribution in [0.4, 0.5) is 0 Å². The molecule has 1 heterocycles. The number of rotatable bonds is 7. The molecule has 5 heteroatoms. The number of hydrogen-bond donors (Lipinski definition) is 2. The monoisotopic (exact) mass is 318 g/mol. The fraction of sp³-hybridized carbons (Fsp3) is 0.500. The number of amides is 1. The van der Waals surface area contributed by atoms with Crippen LogP contribution in [0.25, 0.3) is 11.0 Å². The zero-order valence-corrected chi connectivity index (χ0v) is 14.3. The zero-order valence-electron chi connectivity index (χ0n) is 14.3. The third-order valence-corrected chi connectivity index (χ3v) is 3.87. The highest BCUT2D eigenvalue weighted by atomic mass is 16.3. The Kier molecular flexibility index (Phi) is 5.80. The van der Waals surface area contributed by atoms with Gasteiger partial charge in [0.15, 0.2) is 5.76 Å². The van der Waals surface area contributed by atoms with Crippen molar-refractivity contribution in [1.29, 1.82) is 0 Å². The van der Waals surface area contributed by atoms with Crippen molar-refractivity contribution in [2.75, 3.05) is 20.6 Å². The van der Waals surface area contributed by atoms with Crippen molar-refractivity contribution in [1.82, 2.24) is 10.2 Å². The second-order valence-electron chi connectivity index (χ2n) is 6.50. The van der Waals surface area contributed by atoms with Crippen molar-refractivity contribution in [2.24, 2.45) is 5.92 Å². The highest BCUT2D eigenvalue weighted by Gasteiger charge is 2.21. The fourth-order valence-corrected chi connectivity index (χ4v) is 2.50. The van der Waals surface area contributed by atoms with Crippen LogP contribution in [0, 0.1) is 5.92 Å². The molecule has 2 rings (SSSR count). The van der Waals surface area contributed by atoms with Gasteiger partial charge in [-0.25, -0.2) is 0 Å². The molecular formula is C18H26N2O3. The molecule has 2 aromatic rings. The molecule has 0 radical (unpaired) electrons. The number of aliphatic hydroxyl groups is 1. The van der Waals surface area contributed by atoms with E-state index >= 15 is 0 Å².